The quantitative estimate of drug-likeness (QED) is 0.805. The molecule has 106 valence electrons. The molecule has 2 fully saturated rings. The lowest BCUT2D eigenvalue weighted by Gasteiger charge is -2.45. The number of ether oxygens (including phenoxy) is 1. The van der Waals surface area contributed by atoms with E-state index in [2.05, 4.69) is 19.3 Å². The minimum atomic E-state index is 0.129. The van der Waals surface area contributed by atoms with E-state index < -0.39 is 0 Å². The van der Waals surface area contributed by atoms with E-state index in [1.54, 1.807) is 0 Å². The van der Waals surface area contributed by atoms with Crippen molar-refractivity contribution in [3.8, 4) is 0 Å². The molecular weight excluding hydrogens is 222 g/mol. The van der Waals surface area contributed by atoms with Gasteiger partial charge >= 0.3 is 0 Å². The highest BCUT2D eigenvalue weighted by Crippen LogP contribution is 2.44. The Morgan fingerprint density at radius 3 is 2.39 bits per heavy atom. The molecular formula is C16H31NO. The number of rotatable bonds is 5. The maximum Gasteiger partial charge on any atom is 0.0833 e. The maximum absolute atomic E-state index is 6.04. The van der Waals surface area contributed by atoms with E-state index in [0.717, 1.165) is 11.8 Å². The molecule has 0 radical (unpaired) electrons. The van der Waals surface area contributed by atoms with Gasteiger partial charge in [-0.3, -0.25) is 0 Å². The molecule has 2 rings (SSSR count). The van der Waals surface area contributed by atoms with Gasteiger partial charge in [-0.1, -0.05) is 45.4 Å². The van der Waals surface area contributed by atoms with Crippen LogP contribution in [0.25, 0.3) is 0 Å². The van der Waals surface area contributed by atoms with Crippen molar-refractivity contribution in [2.24, 2.45) is 11.8 Å². The van der Waals surface area contributed by atoms with Crippen molar-refractivity contribution in [2.45, 2.75) is 76.4 Å². The van der Waals surface area contributed by atoms with Gasteiger partial charge in [0.2, 0.25) is 0 Å². The van der Waals surface area contributed by atoms with Gasteiger partial charge in [0.15, 0.2) is 0 Å². The summed E-state index contributed by atoms with van der Waals surface area (Å²) in [4.78, 5) is 0. The summed E-state index contributed by atoms with van der Waals surface area (Å²) in [5.41, 5.74) is 0.129. The van der Waals surface area contributed by atoms with Crippen molar-refractivity contribution < 1.29 is 4.74 Å². The second-order valence-corrected chi connectivity index (χ2v) is 6.36. The summed E-state index contributed by atoms with van der Waals surface area (Å²) in [6, 6.07) is 0.565. The predicted octanol–water partition coefficient (Wildman–Crippen LogP) is 3.75. The van der Waals surface area contributed by atoms with Crippen molar-refractivity contribution >= 4 is 0 Å². The molecule has 0 amide bonds. The molecule has 1 N–H and O–H groups in total. The zero-order chi connectivity index (χ0) is 13.0. The molecule has 0 aromatic carbocycles. The standard InChI is InChI=1S/C16H31NO/c1-4-13-9-5-6-10-14(13)15(17-2)16(18-3)11-7-8-12-16/h13-15,17H,4-12H2,1-3H3. The predicted molar refractivity (Wildman–Crippen MR) is 76.8 cm³/mol. The Morgan fingerprint density at radius 2 is 1.83 bits per heavy atom. The smallest absolute Gasteiger partial charge is 0.0833 e. The van der Waals surface area contributed by atoms with Crippen LogP contribution in [-0.4, -0.2) is 25.8 Å². The molecule has 2 aliphatic rings. The lowest BCUT2D eigenvalue weighted by atomic mass is 9.69. The van der Waals surface area contributed by atoms with Crippen LogP contribution in [0, 0.1) is 11.8 Å². The summed E-state index contributed by atoms with van der Waals surface area (Å²) in [6.45, 7) is 2.36. The maximum atomic E-state index is 6.04. The van der Waals surface area contributed by atoms with Gasteiger partial charge in [-0.05, 0) is 38.1 Å². The number of likely N-dealkylation sites (N-methyl/N-ethyl adjacent to an activating group) is 1. The Balaban J connectivity index is 2.15. The van der Waals surface area contributed by atoms with Gasteiger partial charge in [0.05, 0.1) is 5.60 Å². The summed E-state index contributed by atoms with van der Waals surface area (Å²) >= 11 is 0. The molecule has 3 unspecified atom stereocenters. The second kappa shape index (κ2) is 6.38. The third kappa shape index (κ3) is 2.60. The first-order valence-corrected chi connectivity index (χ1v) is 8.00. The highest BCUT2D eigenvalue weighted by Gasteiger charge is 2.46. The fourth-order valence-corrected chi connectivity index (χ4v) is 4.66. The van der Waals surface area contributed by atoms with Gasteiger partial charge in [0.1, 0.15) is 0 Å². The van der Waals surface area contributed by atoms with Gasteiger partial charge in [0.25, 0.3) is 0 Å². The van der Waals surface area contributed by atoms with Crippen molar-refractivity contribution in [2.75, 3.05) is 14.2 Å². The molecule has 3 atom stereocenters. The van der Waals surface area contributed by atoms with Crippen molar-refractivity contribution in [1.29, 1.82) is 0 Å². The van der Waals surface area contributed by atoms with Gasteiger partial charge in [-0.2, -0.15) is 0 Å². The summed E-state index contributed by atoms with van der Waals surface area (Å²) in [6.07, 6.45) is 12.2. The minimum absolute atomic E-state index is 0.129. The van der Waals surface area contributed by atoms with Crippen molar-refractivity contribution in [1.82, 2.24) is 5.32 Å². The lowest BCUT2D eigenvalue weighted by molar-refractivity contribution is -0.0632. The number of methoxy groups -OCH3 is 1. The lowest BCUT2D eigenvalue weighted by Crippen LogP contribution is -2.55. The Morgan fingerprint density at radius 1 is 1.17 bits per heavy atom. The normalized spacial score (nSPS) is 33.5. The van der Waals surface area contributed by atoms with E-state index in [9.17, 15) is 0 Å². The van der Waals surface area contributed by atoms with Crippen LogP contribution in [0.3, 0.4) is 0 Å². The van der Waals surface area contributed by atoms with Crippen LogP contribution in [0.4, 0.5) is 0 Å². The summed E-state index contributed by atoms with van der Waals surface area (Å²) in [5, 5.41) is 3.64. The van der Waals surface area contributed by atoms with Crippen molar-refractivity contribution in [3.63, 3.8) is 0 Å². The average Bonchev–Trinajstić information content (AvgIpc) is 2.90. The third-order valence-electron chi connectivity index (χ3n) is 5.65. The summed E-state index contributed by atoms with van der Waals surface area (Å²) < 4.78 is 6.04. The van der Waals surface area contributed by atoms with Crippen LogP contribution < -0.4 is 5.32 Å². The fourth-order valence-electron chi connectivity index (χ4n) is 4.66. The molecule has 2 saturated carbocycles. The van der Waals surface area contributed by atoms with E-state index >= 15 is 0 Å². The Bertz CT molecular complexity index is 247. The molecule has 2 nitrogen and oxygen atoms in total. The monoisotopic (exact) mass is 253 g/mol. The second-order valence-electron chi connectivity index (χ2n) is 6.36. The highest BCUT2D eigenvalue weighted by molar-refractivity contribution is 5.01. The first-order chi connectivity index (χ1) is 8.77. The van der Waals surface area contributed by atoms with E-state index in [0.29, 0.717) is 6.04 Å². The fraction of sp³-hybridized carbons (Fsp3) is 1.00. The van der Waals surface area contributed by atoms with E-state index in [1.165, 1.54) is 57.8 Å². The number of hydrogen-bond acceptors (Lipinski definition) is 2. The average molecular weight is 253 g/mol. The highest BCUT2D eigenvalue weighted by atomic mass is 16.5. The van der Waals surface area contributed by atoms with Gasteiger partial charge in [0, 0.05) is 13.2 Å². The van der Waals surface area contributed by atoms with Gasteiger partial charge in [-0.25, -0.2) is 0 Å². The first kappa shape index (κ1) is 14.3. The third-order valence-corrected chi connectivity index (χ3v) is 5.65. The van der Waals surface area contributed by atoms with E-state index in [4.69, 9.17) is 4.74 Å². The summed E-state index contributed by atoms with van der Waals surface area (Å²) in [7, 11) is 4.07. The van der Waals surface area contributed by atoms with Crippen LogP contribution in [0.2, 0.25) is 0 Å². The van der Waals surface area contributed by atoms with Gasteiger partial charge in [-0.15, -0.1) is 0 Å². The molecule has 0 saturated heterocycles. The zero-order valence-corrected chi connectivity index (χ0v) is 12.5. The Labute approximate surface area is 113 Å². The number of hydrogen-bond donors (Lipinski definition) is 1. The molecule has 0 bridgehead atoms. The van der Waals surface area contributed by atoms with Crippen LogP contribution >= 0.6 is 0 Å². The molecule has 2 heteroatoms. The SMILES string of the molecule is CCC1CCCCC1C(NC)C1(OC)CCCC1. The minimum Gasteiger partial charge on any atom is -0.377 e. The molecule has 0 aromatic rings. The zero-order valence-electron chi connectivity index (χ0n) is 12.5. The molecule has 2 aliphatic carbocycles. The topological polar surface area (TPSA) is 21.3 Å². The van der Waals surface area contributed by atoms with E-state index in [1.807, 2.05) is 7.11 Å². The first-order valence-electron chi connectivity index (χ1n) is 8.00. The summed E-state index contributed by atoms with van der Waals surface area (Å²) in [5.74, 6) is 1.73. The molecule has 18 heavy (non-hydrogen) atoms. The van der Waals surface area contributed by atoms with Crippen LogP contribution in [0.5, 0.6) is 0 Å². The Kier molecular flexibility index (Phi) is 5.08. The van der Waals surface area contributed by atoms with Crippen LogP contribution in [0.1, 0.15) is 64.7 Å². The van der Waals surface area contributed by atoms with Crippen LogP contribution in [0.15, 0.2) is 0 Å². The van der Waals surface area contributed by atoms with Crippen LogP contribution in [-0.2, 0) is 4.74 Å². The van der Waals surface area contributed by atoms with Gasteiger partial charge < -0.3 is 10.1 Å². The largest absolute Gasteiger partial charge is 0.377 e. The van der Waals surface area contributed by atoms with E-state index in [-0.39, 0.29) is 5.60 Å². The molecule has 0 aliphatic heterocycles. The van der Waals surface area contributed by atoms with Crippen molar-refractivity contribution in [3.05, 3.63) is 0 Å². The molecule has 0 spiro atoms. The Hall–Kier alpha value is -0.0800. The number of nitrogens with one attached hydrogen (secondary N) is 1. The molecule has 0 heterocycles. The molecule has 0 aromatic heterocycles.